The van der Waals surface area contributed by atoms with Gasteiger partial charge in [0, 0.05) is 11.8 Å². The third-order valence-electron chi connectivity index (χ3n) is 1.81. The van der Waals surface area contributed by atoms with Crippen LogP contribution in [0.15, 0.2) is 0 Å². The average Bonchev–Trinajstić information content (AvgIpc) is 2.02. The van der Waals surface area contributed by atoms with Crippen LogP contribution < -0.4 is 0 Å². The van der Waals surface area contributed by atoms with Gasteiger partial charge in [0.05, 0.1) is 0 Å². The molecule has 5 nitrogen and oxygen atoms in total. The fourth-order valence-electron chi connectivity index (χ4n) is 1.21. The van der Waals surface area contributed by atoms with Gasteiger partial charge < -0.3 is 4.74 Å². The minimum Gasteiger partial charge on any atom is -0.456 e. The van der Waals surface area contributed by atoms with Crippen molar-refractivity contribution in [3.8, 4) is 0 Å². The minimum absolute atomic E-state index is 0.288. The topological polar surface area (TPSA) is 69.4 Å². The zero-order chi connectivity index (χ0) is 11.0. The first-order chi connectivity index (χ1) is 6.56. The second-order valence-electron chi connectivity index (χ2n) is 3.24. The lowest BCUT2D eigenvalue weighted by Gasteiger charge is -2.12. The van der Waals surface area contributed by atoms with Crippen molar-refractivity contribution >= 4 is 5.97 Å². The van der Waals surface area contributed by atoms with E-state index in [1.54, 1.807) is 0 Å². The van der Waals surface area contributed by atoms with Crippen LogP contribution in [0.1, 0.15) is 39.5 Å². The molecule has 0 bridgehead atoms. The van der Waals surface area contributed by atoms with E-state index in [0.717, 1.165) is 19.3 Å². The maximum Gasteiger partial charge on any atom is 0.303 e. The summed E-state index contributed by atoms with van der Waals surface area (Å²) in [5.41, 5.74) is 0. The highest BCUT2D eigenvalue weighted by Crippen LogP contribution is 2.07. The van der Waals surface area contributed by atoms with Crippen molar-refractivity contribution in [3.05, 3.63) is 10.1 Å². The molecule has 0 saturated heterocycles. The van der Waals surface area contributed by atoms with E-state index in [-0.39, 0.29) is 6.54 Å². The summed E-state index contributed by atoms with van der Waals surface area (Å²) in [6, 6.07) is 0. The Labute approximate surface area is 83.6 Å². The van der Waals surface area contributed by atoms with Crippen molar-refractivity contribution in [2.24, 2.45) is 0 Å². The van der Waals surface area contributed by atoms with Gasteiger partial charge in [-0.05, 0) is 12.8 Å². The monoisotopic (exact) mass is 203 g/mol. The number of rotatable bonds is 7. The van der Waals surface area contributed by atoms with Crippen molar-refractivity contribution < 1.29 is 14.5 Å². The first-order valence-electron chi connectivity index (χ1n) is 4.85. The average molecular weight is 203 g/mol. The van der Waals surface area contributed by atoms with Crippen molar-refractivity contribution in [1.82, 2.24) is 0 Å². The largest absolute Gasteiger partial charge is 0.456 e. The number of carbonyl (C=O) groups excluding carboxylic acids is 1. The third-order valence-corrected chi connectivity index (χ3v) is 1.81. The van der Waals surface area contributed by atoms with Gasteiger partial charge in [-0.3, -0.25) is 14.9 Å². The lowest BCUT2D eigenvalue weighted by molar-refractivity contribution is -0.490. The standard InChI is InChI=1S/C9H17NO4/c1-3-4-5-6-9(7-10(12)13)14-8(2)11/h9H,3-7H2,1-2H3. The summed E-state index contributed by atoms with van der Waals surface area (Å²) >= 11 is 0. The Hall–Kier alpha value is -1.13. The van der Waals surface area contributed by atoms with E-state index in [2.05, 4.69) is 0 Å². The number of ether oxygens (including phenoxy) is 1. The first-order valence-corrected chi connectivity index (χ1v) is 4.85. The Balaban J connectivity index is 3.84. The highest BCUT2D eigenvalue weighted by Gasteiger charge is 2.17. The summed E-state index contributed by atoms with van der Waals surface area (Å²) in [6.07, 6.45) is 2.94. The SMILES string of the molecule is CCCCCC(C[N+](=O)[O-])OC(C)=O. The Bertz CT molecular complexity index is 177. The van der Waals surface area contributed by atoms with Gasteiger partial charge in [0.15, 0.2) is 6.10 Å². The molecule has 0 aliphatic rings. The van der Waals surface area contributed by atoms with Crippen LogP contribution in [0, 0.1) is 10.1 Å². The van der Waals surface area contributed by atoms with Crippen LogP contribution >= 0.6 is 0 Å². The number of hydrogen-bond acceptors (Lipinski definition) is 4. The molecule has 0 heterocycles. The summed E-state index contributed by atoms with van der Waals surface area (Å²) in [4.78, 5) is 20.4. The number of unbranched alkanes of at least 4 members (excludes halogenated alkanes) is 2. The highest BCUT2D eigenvalue weighted by molar-refractivity contribution is 5.66. The number of carbonyl (C=O) groups is 1. The molecule has 0 amide bonds. The smallest absolute Gasteiger partial charge is 0.303 e. The second kappa shape index (κ2) is 7.29. The summed E-state index contributed by atoms with van der Waals surface area (Å²) in [5, 5.41) is 10.2. The van der Waals surface area contributed by atoms with E-state index in [0.29, 0.717) is 6.42 Å². The molecular formula is C9H17NO4. The molecule has 0 aliphatic carbocycles. The molecular weight excluding hydrogens is 186 g/mol. The van der Waals surface area contributed by atoms with E-state index < -0.39 is 17.0 Å². The van der Waals surface area contributed by atoms with Crippen molar-refractivity contribution in [2.75, 3.05) is 6.54 Å². The van der Waals surface area contributed by atoms with Crippen LogP contribution in [0.5, 0.6) is 0 Å². The molecule has 0 aliphatic heterocycles. The molecule has 0 N–H and O–H groups in total. The Kier molecular flexibility index (Phi) is 6.70. The Morgan fingerprint density at radius 3 is 2.57 bits per heavy atom. The van der Waals surface area contributed by atoms with Crippen molar-refractivity contribution in [3.63, 3.8) is 0 Å². The number of esters is 1. The molecule has 0 aromatic heterocycles. The van der Waals surface area contributed by atoms with Crippen LogP contribution in [0.25, 0.3) is 0 Å². The van der Waals surface area contributed by atoms with Crippen LogP contribution in [0.4, 0.5) is 0 Å². The van der Waals surface area contributed by atoms with E-state index in [9.17, 15) is 14.9 Å². The van der Waals surface area contributed by atoms with E-state index >= 15 is 0 Å². The van der Waals surface area contributed by atoms with Crippen molar-refractivity contribution in [2.45, 2.75) is 45.6 Å². The van der Waals surface area contributed by atoms with Gasteiger partial charge in [-0.2, -0.15) is 0 Å². The Morgan fingerprint density at radius 1 is 1.50 bits per heavy atom. The molecule has 0 aromatic rings. The highest BCUT2D eigenvalue weighted by atomic mass is 16.6. The van der Waals surface area contributed by atoms with Crippen LogP contribution in [-0.4, -0.2) is 23.5 Å². The number of nitro groups is 1. The fourth-order valence-corrected chi connectivity index (χ4v) is 1.21. The van der Waals surface area contributed by atoms with Gasteiger partial charge in [0.2, 0.25) is 6.54 Å². The quantitative estimate of drug-likeness (QED) is 0.273. The number of nitrogens with zero attached hydrogens (tertiary/aromatic N) is 1. The molecule has 14 heavy (non-hydrogen) atoms. The van der Waals surface area contributed by atoms with Gasteiger partial charge in [-0.15, -0.1) is 0 Å². The van der Waals surface area contributed by atoms with E-state index in [4.69, 9.17) is 4.74 Å². The molecule has 0 radical (unpaired) electrons. The maximum absolute atomic E-state index is 10.6. The minimum atomic E-state index is -0.561. The summed E-state index contributed by atoms with van der Waals surface area (Å²) < 4.78 is 4.83. The second-order valence-corrected chi connectivity index (χ2v) is 3.24. The first kappa shape index (κ1) is 12.9. The van der Waals surface area contributed by atoms with Gasteiger partial charge >= 0.3 is 5.97 Å². The van der Waals surface area contributed by atoms with Gasteiger partial charge in [-0.25, -0.2) is 0 Å². The molecule has 0 saturated carbocycles. The third kappa shape index (κ3) is 7.52. The molecule has 1 atom stereocenters. The zero-order valence-corrected chi connectivity index (χ0v) is 8.69. The van der Waals surface area contributed by atoms with Crippen LogP contribution in [-0.2, 0) is 9.53 Å². The molecule has 0 fully saturated rings. The van der Waals surface area contributed by atoms with E-state index in [1.807, 2.05) is 6.92 Å². The van der Waals surface area contributed by atoms with Crippen molar-refractivity contribution in [1.29, 1.82) is 0 Å². The zero-order valence-electron chi connectivity index (χ0n) is 8.69. The Morgan fingerprint density at radius 2 is 2.14 bits per heavy atom. The normalized spacial score (nSPS) is 12.1. The predicted molar refractivity (Wildman–Crippen MR) is 51.6 cm³/mol. The summed E-state index contributed by atoms with van der Waals surface area (Å²) in [6.45, 7) is 3.03. The fraction of sp³-hybridized carbons (Fsp3) is 0.889. The van der Waals surface area contributed by atoms with E-state index in [1.165, 1.54) is 6.92 Å². The maximum atomic E-state index is 10.6. The molecule has 0 aromatic carbocycles. The molecule has 0 rings (SSSR count). The molecule has 0 spiro atoms. The predicted octanol–water partition coefficient (Wildman–Crippen LogP) is 1.78. The summed E-state index contributed by atoms with van der Waals surface area (Å²) in [5.74, 6) is -0.451. The molecule has 82 valence electrons. The lowest BCUT2D eigenvalue weighted by atomic mass is 10.1. The molecule has 1 unspecified atom stereocenters. The lowest BCUT2D eigenvalue weighted by Crippen LogP contribution is -2.25. The van der Waals surface area contributed by atoms with Gasteiger partial charge in [0.1, 0.15) is 0 Å². The van der Waals surface area contributed by atoms with Gasteiger partial charge in [0.25, 0.3) is 0 Å². The van der Waals surface area contributed by atoms with Crippen LogP contribution in [0.3, 0.4) is 0 Å². The van der Waals surface area contributed by atoms with Gasteiger partial charge in [-0.1, -0.05) is 19.8 Å². The molecule has 5 heteroatoms. The summed E-state index contributed by atoms with van der Waals surface area (Å²) in [7, 11) is 0. The van der Waals surface area contributed by atoms with Crippen LogP contribution in [0.2, 0.25) is 0 Å². The number of hydrogen-bond donors (Lipinski definition) is 0.